The van der Waals surface area contributed by atoms with Gasteiger partial charge in [-0.25, -0.2) is 9.78 Å². The summed E-state index contributed by atoms with van der Waals surface area (Å²) in [5, 5.41) is 0.993. The number of anilines is 1. The molecule has 5 heteroatoms. The van der Waals surface area contributed by atoms with Gasteiger partial charge in [0.2, 0.25) is 0 Å². The number of benzene rings is 1. The molecule has 0 fully saturated rings. The van der Waals surface area contributed by atoms with Crippen LogP contribution in [0.15, 0.2) is 48.8 Å². The molecule has 0 unspecified atom stereocenters. The molecule has 3 aromatic rings. The number of esters is 1. The normalized spacial score (nSPS) is 13.3. The highest BCUT2D eigenvalue weighted by atomic mass is 16.5. The van der Waals surface area contributed by atoms with Gasteiger partial charge in [-0.15, -0.1) is 0 Å². The van der Waals surface area contributed by atoms with E-state index in [1.807, 2.05) is 36.0 Å². The summed E-state index contributed by atoms with van der Waals surface area (Å²) in [6.07, 6.45) is 4.62. The van der Waals surface area contributed by atoms with E-state index in [9.17, 15) is 4.79 Å². The van der Waals surface area contributed by atoms with Gasteiger partial charge in [0, 0.05) is 37.1 Å². The average molecular weight is 321 g/mol. The number of fused-ring (bicyclic) bond motifs is 2. The molecule has 0 spiro atoms. The maximum Gasteiger partial charge on any atom is 0.359 e. The molecule has 0 aliphatic carbocycles. The van der Waals surface area contributed by atoms with Gasteiger partial charge in [-0.1, -0.05) is 18.2 Å². The first-order chi connectivity index (χ1) is 11.7. The maximum atomic E-state index is 12.4. The molecule has 2 aromatic heterocycles. The van der Waals surface area contributed by atoms with E-state index in [1.165, 1.54) is 11.3 Å². The lowest BCUT2D eigenvalue weighted by atomic mass is 10.2. The number of nitrogens with zero attached hydrogens (tertiary/aromatic N) is 3. The van der Waals surface area contributed by atoms with Crippen molar-refractivity contribution in [3.8, 4) is 0 Å². The Hall–Kier alpha value is -2.82. The first-order valence-electron chi connectivity index (χ1n) is 8.14. The lowest BCUT2D eigenvalue weighted by Crippen LogP contribution is -2.26. The summed E-state index contributed by atoms with van der Waals surface area (Å²) in [5.74, 6) is -0.366. The van der Waals surface area contributed by atoms with Crippen molar-refractivity contribution in [2.45, 2.75) is 6.42 Å². The highest BCUT2D eigenvalue weighted by molar-refractivity contribution is 6.01. The Morgan fingerprint density at radius 1 is 1.25 bits per heavy atom. The second kappa shape index (κ2) is 6.00. The zero-order valence-electron chi connectivity index (χ0n) is 13.6. The molecule has 0 amide bonds. The Morgan fingerprint density at radius 2 is 2.12 bits per heavy atom. The zero-order chi connectivity index (χ0) is 16.5. The van der Waals surface area contributed by atoms with Crippen LogP contribution >= 0.6 is 0 Å². The van der Waals surface area contributed by atoms with Crippen LogP contribution in [0.25, 0.3) is 10.9 Å². The molecular formula is C19H19N3O2. The van der Waals surface area contributed by atoms with Crippen molar-refractivity contribution in [3.05, 3.63) is 60.0 Å². The molecule has 0 radical (unpaired) electrons. The smallest absolute Gasteiger partial charge is 0.359 e. The highest BCUT2D eigenvalue weighted by Crippen LogP contribution is 2.26. The fourth-order valence-corrected chi connectivity index (χ4v) is 3.35. The third-order valence-corrected chi connectivity index (χ3v) is 4.56. The van der Waals surface area contributed by atoms with E-state index in [-0.39, 0.29) is 5.97 Å². The van der Waals surface area contributed by atoms with Gasteiger partial charge >= 0.3 is 5.97 Å². The van der Waals surface area contributed by atoms with Gasteiger partial charge in [-0.05, 0) is 30.2 Å². The predicted molar refractivity (Wildman–Crippen MR) is 93.4 cm³/mol. The largest absolute Gasteiger partial charge is 0.459 e. The van der Waals surface area contributed by atoms with Crippen molar-refractivity contribution in [1.29, 1.82) is 0 Å². The average Bonchev–Trinajstić information content (AvgIpc) is 3.19. The number of ether oxygens (including phenoxy) is 1. The number of pyridine rings is 1. The number of para-hydroxylation sites is 1. The maximum absolute atomic E-state index is 12.4. The molecule has 1 aromatic carbocycles. The van der Waals surface area contributed by atoms with E-state index in [0.29, 0.717) is 18.8 Å². The van der Waals surface area contributed by atoms with Crippen molar-refractivity contribution in [1.82, 2.24) is 9.55 Å². The van der Waals surface area contributed by atoms with Crippen LogP contribution in [0.5, 0.6) is 0 Å². The number of aromatic nitrogens is 2. The Kier molecular flexibility index (Phi) is 3.69. The quantitative estimate of drug-likeness (QED) is 0.693. The molecule has 122 valence electrons. The van der Waals surface area contributed by atoms with E-state index in [2.05, 4.69) is 28.1 Å². The SMILES string of the molecule is Cn1ccc2ccnc(C(=O)OCCN3CCc4ccccc43)c21. The monoisotopic (exact) mass is 321 g/mol. The van der Waals surface area contributed by atoms with Crippen LogP contribution < -0.4 is 4.90 Å². The molecule has 1 aliphatic heterocycles. The molecule has 24 heavy (non-hydrogen) atoms. The lowest BCUT2D eigenvalue weighted by Gasteiger charge is -2.19. The topological polar surface area (TPSA) is 47.4 Å². The van der Waals surface area contributed by atoms with Crippen molar-refractivity contribution in [2.24, 2.45) is 7.05 Å². The molecule has 1 aliphatic rings. The number of hydrogen-bond acceptors (Lipinski definition) is 4. The number of carbonyl (C=O) groups excluding carboxylic acids is 1. The van der Waals surface area contributed by atoms with E-state index in [4.69, 9.17) is 4.74 Å². The molecule has 0 saturated heterocycles. The van der Waals surface area contributed by atoms with Crippen LogP contribution in [0.4, 0.5) is 5.69 Å². The van der Waals surface area contributed by atoms with Gasteiger partial charge in [0.1, 0.15) is 6.61 Å². The Balaban J connectivity index is 1.43. The summed E-state index contributed by atoms with van der Waals surface area (Å²) in [6, 6.07) is 12.2. The molecule has 4 rings (SSSR count). The van der Waals surface area contributed by atoms with Gasteiger partial charge in [0.05, 0.1) is 12.1 Å². The van der Waals surface area contributed by atoms with E-state index in [0.717, 1.165) is 23.9 Å². The van der Waals surface area contributed by atoms with Crippen LogP contribution in [0.1, 0.15) is 16.1 Å². The van der Waals surface area contributed by atoms with Gasteiger partial charge in [0.25, 0.3) is 0 Å². The minimum atomic E-state index is -0.366. The standard InChI is InChI=1S/C19H19N3O2/c1-21-10-7-15-6-9-20-17(18(15)21)19(23)24-13-12-22-11-8-14-4-2-3-5-16(14)22/h2-7,9-10H,8,11-13H2,1H3. The van der Waals surface area contributed by atoms with Gasteiger partial charge in [0.15, 0.2) is 5.69 Å². The van der Waals surface area contributed by atoms with Crippen LogP contribution in [0.2, 0.25) is 0 Å². The van der Waals surface area contributed by atoms with E-state index < -0.39 is 0 Å². The minimum absolute atomic E-state index is 0.357. The van der Waals surface area contributed by atoms with Crippen molar-refractivity contribution < 1.29 is 9.53 Å². The summed E-state index contributed by atoms with van der Waals surface area (Å²) in [5.41, 5.74) is 3.80. The van der Waals surface area contributed by atoms with E-state index in [1.54, 1.807) is 6.20 Å². The van der Waals surface area contributed by atoms with Crippen LogP contribution in [0.3, 0.4) is 0 Å². The summed E-state index contributed by atoms with van der Waals surface area (Å²) < 4.78 is 7.38. The van der Waals surface area contributed by atoms with Crippen molar-refractivity contribution in [2.75, 3.05) is 24.6 Å². The lowest BCUT2D eigenvalue weighted by molar-refractivity contribution is 0.0510. The summed E-state index contributed by atoms with van der Waals surface area (Å²) in [7, 11) is 1.90. The summed E-state index contributed by atoms with van der Waals surface area (Å²) in [6.45, 7) is 2.03. The fourth-order valence-electron chi connectivity index (χ4n) is 3.35. The number of carbonyl (C=O) groups is 1. The fraction of sp³-hybridized carbons (Fsp3) is 0.263. The molecular weight excluding hydrogens is 302 g/mol. The zero-order valence-corrected chi connectivity index (χ0v) is 13.6. The van der Waals surface area contributed by atoms with Crippen molar-refractivity contribution in [3.63, 3.8) is 0 Å². The van der Waals surface area contributed by atoms with Crippen LogP contribution in [-0.2, 0) is 18.2 Å². The second-order valence-electron chi connectivity index (χ2n) is 6.03. The number of hydrogen-bond donors (Lipinski definition) is 0. The summed E-state index contributed by atoms with van der Waals surface area (Å²) in [4.78, 5) is 18.9. The number of aryl methyl sites for hydroxylation is 1. The second-order valence-corrected chi connectivity index (χ2v) is 6.03. The van der Waals surface area contributed by atoms with E-state index >= 15 is 0 Å². The first kappa shape index (κ1) is 14.8. The van der Waals surface area contributed by atoms with Crippen LogP contribution in [-0.4, -0.2) is 35.2 Å². The van der Waals surface area contributed by atoms with Crippen LogP contribution in [0, 0.1) is 0 Å². The molecule has 0 bridgehead atoms. The van der Waals surface area contributed by atoms with Gasteiger partial charge < -0.3 is 14.2 Å². The first-order valence-corrected chi connectivity index (χ1v) is 8.14. The third-order valence-electron chi connectivity index (χ3n) is 4.56. The molecule has 0 saturated carbocycles. The highest BCUT2D eigenvalue weighted by Gasteiger charge is 2.19. The summed E-state index contributed by atoms with van der Waals surface area (Å²) >= 11 is 0. The predicted octanol–water partition coefficient (Wildman–Crippen LogP) is 2.79. The van der Waals surface area contributed by atoms with Crippen molar-refractivity contribution >= 4 is 22.6 Å². The van der Waals surface area contributed by atoms with Gasteiger partial charge in [-0.2, -0.15) is 0 Å². The Bertz CT molecular complexity index is 901. The minimum Gasteiger partial charge on any atom is -0.459 e. The molecule has 0 N–H and O–H groups in total. The molecule has 5 nitrogen and oxygen atoms in total. The Morgan fingerprint density at radius 3 is 3.04 bits per heavy atom. The number of rotatable bonds is 4. The molecule has 0 atom stereocenters. The van der Waals surface area contributed by atoms with Gasteiger partial charge in [-0.3, -0.25) is 0 Å². The Labute approximate surface area is 140 Å². The molecule has 3 heterocycles. The third kappa shape index (κ3) is 2.52.